The SMILES string of the molecule is CCn1c(=O)c2c(nc3n(-c4cc(C)ccc4OC)c(C)c(C)n23)n(C)c1=O. The molecule has 28 heavy (non-hydrogen) atoms. The molecule has 4 rings (SSSR count). The van der Waals surface area contributed by atoms with Crippen LogP contribution in [0.1, 0.15) is 23.9 Å². The number of rotatable bonds is 3. The molecule has 3 heterocycles. The van der Waals surface area contributed by atoms with Crippen LogP contribution in [0.2, 0.25) is 0 Å². The van der Waals surface area contributed by atoms with E-state index in [1.54, 1.807) is 21.1 Å². The summed E-state index contributed by atoms with van der Waals surface area (Å²) in [6.07, 6.45) is 0. The molecule has 1 aromatic carbocycles. The van der Waals surface area contributed by atoms with Crippen molar-refractivity contribution in [1.82, 2.24) is 23.1 Å². The van der Waals surface area contributed by atoms with Gasteiger partial charge in [-0.05, 0) is 45.4 Å². The van der Waals surface area contributed by atoms with Crippen LogP contribution in [0.3, 0.4) is 0 Å². The van der Waals surface area contributed by atoms with E-state index in [-0.39, 0.29) is 11.2 Å². The lowest BCUT2D eigenvalue weighted by atomic mass is 10.2. The van der Waals surface area contributed by atoms with E-state index < -0.39 is 0 Å². The molecular weight excluding hydrogens is 358 g/mol. The summed E-state index contributed by atoms with van der Waals surface area (Å²) in [5.74, 6) is 1.29. The number of imidazole rings is 2. The van der Waals surface area contributed by atoms with Crippen LogP contribution in [-0.2, 0) is 13.6 Å². The molecule has 0 saturated carbocycles. The normalized spacial score (nSPS) is 11.6. The third-order valence-corrected chi connectivity index (χ3v) is 5.41. The maximum Gasteiger partial charge on any atom is 0.332 e. The Morgan fingerprint density at radius 3 is 2.46 bits per heavy atom. The first-order chi connectivity index (χ1) is 13.3. The van der Waals surface area contributed by atoms with Crippen molar-refractivity contribution in [3.63, 3.8) is 0 Å². The molecule has 0 saturated heterocycles. The van der Waals surface area contributed by atoms with E-state index in [0.29, 0.717) is 29.2 Å². The fourth-order valence-electron chi connectivity index (χ4n) is 3.79. The molecule has 0 unspecified atom stereocenters. The van der Waals surface area contributed by atoms with Crippen LogP contribution in [0, 0.1) is 20.8 Å². The Labute approximate surface area is 161 Å². The lowest BCUT2D eigenvalue weighted by Gasteiger charge is -2.12. The fraction of sp³-hybridized carbons (Fsp3) is 0.350. The number of benzene rings is 1. The van der Waals surface area contributed by atoms with Gasteiger partial charge in [0.1, 0.15) is 5.75 Å². The van der Waals surface area contributed by atoms with Gasteiger partial charge in [0.05, 0.1) is 12.8 Å². The van der Waals surface area contributed by atoms with Crippen molar-refractivity contribution in [2.45, 2.75) is 34.2 Å². The average Bonchev–Trinajstić information content (AvgIpc) is 3.16. The fourth-order valence-corrected chi connectivity index (χ4v) is 3.79. The summed E-state index contributed by atoms with van der Waals surface area (Å²) >= 11 is 0. The van der Waals surface area contributed by atoms with Gasteiger partial charge in [0.25, 0.3) is 5.56 Å². The molecule has 0 amide bonds. The topological polar surface area (TPSA) is 75.5 Å². The van der Waals surface area contributed by atoms with Gasteiger partial charge < -0.3 is 4.74 Å². The highest BCUT2D eigenvalue weighted by atomic mass is 16.5. The van der Waals surface area contributed by atoms with Crippen molar-refractivity contribution in [3.05, 3.63) is 56.0 Å². The highest BCUT2D eigenvalue weighted by molar-refractivity contribution is 5.77. The van der Waals surface area contributed by atoms with Crippen molar-refractivity contribution in [2.75, 3.05) is 7.11 Å². The maximum atomic E-state index is 13.0. The molecule has 0 aliphatic rings. The summed E-state index contributed by atoms with van der Waals surface area (Å²) in [6, 6.07) is 5.92. The number of aromatic nitrogens is 5. The second-order valence-corrected chi connectivity index (χ2v) is 6.99. The Balaban J connectivity index is 2.25. The molecule has 3 aromatic heterocycles. The van der Waals surface area contributed by atoms with Crippen LogP contribution in [0.15, 0.2) is 27.8 Å². The third-order valence-electron chi connectivity index (χ3n) is 5.41. The van der Waals surface area contributed by atoms with Crippen LogP contribution in [-0.4, -0.2) is 30.2 Å². The Hall–Kier alpha value is -3.29. The highest BCUT2D eigenvalue weighted by Gasteiger charge is 2.24. The summed E-state index contributed by atoms with van der Waals surface area (Å²) < 4.78 is 12.0. The maximum absolute atomic E-state index is 13.0. The van der Waals surface area contributed by atoms with Crippen LogP contribution in [0.5, 0.6) is 5.75 Å². The average molecular weight is 381 g/mol. The third kappa shape index (κ3) is 2.20. The van der Waals surface area contributed by atoms with Gasteiger partial charge in [-0.3, -0.25) is 22.9 Å². The standard InChI is InChI=1S/C20H23N5O3/c1-7-23-18(26)16-17(22(5)20(23)27)21-19-24(12(3)13(4)25(16)19)14-10-11(2)8-9-15(14)28-6/h8-10H,7H2,1-6H3. The molecule has 0 aliphatic heterocycles. The highest BCUT2D eigenvalue weighted by Crippen LogP contribution is 2.30. The lowest BCUT2D eigenvalue weighted by Crippen LogP contribution is -2.38. The predicted molar refractivity (Wildman–Crippen MR) is 108 cm³/mol. The molecule has 0 bridgehead atoms. The summed E-state index contributed by atoms with van der Waals surface area (Å²) in [7, 11) is 3.27. The molecular formula is C20H23N5O3. The van der Waals surface area contributed by atoms with Crippen LogP contribution in [0.4, 0.5) is 0 Å². The van der Waals surface area contributed by atoms with E-state index in [4.69, 9.17) is 9.72 Å². The number of fused-ring (bicyclic) bond motifs is 3. The number of hydrogen-bond acceptors (Lipinski definition) is 4. The molecule has 0 atom stereocenters. The molecule has 0 aliphatic carbocycles. The van der Waals surface area contributed by atoms with Crippen LogP contribution >= 0.6 is 0 Å². The van der Waals surface area contributed by atoms with Gasteiger partial charge in [-0.25, -0.2) is 4.79 Å². The molecule has 146 valence electrons. The van der Waals surface area contributed by atoms with Crippen molar-refractivity contribution in [1.29, 1.82) is 0 Å². The second kappa shape index (κ2) is 6.12. The van der Waals surface area contributed by atoms with E-state index in [0.717, 1.165) is 22.6 Å². The number of methoxy groups -OCH3 is 1. The first-order valence-electron chi connectivity index (χ1n) is 9.16. The minimum absolute atomic E-state index is 0.305. The van der Waals surface area contributed by atoms with Gasteiger partial charge in [-0.15, -0.1) is 0 Å². The number of aryl methyl sites for hydroxylation is 3. The predicted octanol–water partition coefficient (Wildman–Crippen LogP) is 2.09. The minimum Gasteiger partial charge on any atom is -0.495 e. The van der Waals surface area contributed by atoms with Gasteiger partial charge >= 0.3 is 5.69 Å². The van der Waals surface area contributed by atoms with Gasteiger partial charge in [-0.1, -0.05) is 6.07 Å². The monoisotopic (exact) mass is 381 g/mol. The smallest absolute Gasteiger partial charge is 0.332 e. The van der Waals surface area contributed by atoms with Gasteiger partial charge in [-0.2, -0.15) is 4.98 Å². The van der Waals surface area contributed by atoms with E-state index in [2.05, 4.69) is 0 Å². The van der Waals surface area contributed by atoms with Crippen LogP contribution in [0.25, 0.3) is 22.6 Å². The molecule has 0 fully saturated rings. The molecule has 4 aromatic rings. The van der Waals surface area contributed by atoms with Gasteiger partial charge in [0.15, 0.2) is 11.2 Å². The zero-order valence-electron chi connectivity index (χ0n) is 16.9. The van der Waals surface area contributed by atoms with Gasteiger partial charge in [0.2, 0.25) is 5.78 Å². The van der Waals surface area contributed by atoms with Crippen molar-refractivity contribution < 1.29 is 4.74 Å². The minimum atomic E-state index is -0.366. The lowest BCUT2D eigenvalue weighted by molar-refractivity contribution is 0.413. The number of hydrogen-bond donors (Lipinski definition) is 0. The van der Waals surface area contributed by atoms with Crippen molar-refractivity contribution >= 4 is 16.9 Å². The largest absolute Gasteiger partial charge is 0.495 e. The summed E-state index contributed by atoms with van der Waals surface area (Å²) in [5.41, 5.74) is 3.84. The second-order valence-electron chi connectivity index (χ2n) is 6.99. The molecule has 0 radical (unpaired) electrons. The zero-order chi connectivity index (χ0) is 20.3. The Morgan fingerprint density at radius 2 is 1.82 bits per heavy atom. The zero-order valence-corrected chi connectivity index (χ0v) is 16.9. The van der Waals surface area contributed by atoms with Gasteiger partial charge in [0, 0.05) is 25.0 Å². The molecule has 8 nitrogen and oxygen atoms in total. The summed E-state index contributed by atoms with van der Waals surface area (Å²) in [4.78, 5) is 30.3. The summed E-state index contributed by atoms with van der Waals surface area (Å²) in [6.45, 7) is 8.03. The number of nitrogens with zero attached hydrogens (tertiary/aromatic N) is 5. The Bertz CT molecular complexity index is 1370. The molecule has 8 heteroatoms. The quantitative estimate of drug-likeness (QED) is 0.545. The van der Waals surface area contributed by atoms with E-state index in [9.17, 15) is 9.59 Å². The van der Waals surface area contributed by atoms with Crippen LogP contribution < -0.4 is 16.0 Å². The van der Waals surface area contributed by atoms with E-state index in [1.807, 2.05) is 47.9 Å². The molecule has 0 N–H and O–H groups in total. The van der Waals surface area contributed by atoms with Crippen molar-refractivity contribution in [3.8, 4) is 11.4 Å². The van der Waals surface area contributed by atoms with Crippen molar-refractivity contribution in [2.24, 2.45) is 7.05 Å². The first kappa shape index (κ1) is 18.1. The van der Waals surface area contributed by atoms with E-state index in [1.165, 1.54) is 9.13 Å². The molecule has 0 spiro atoms. The Kier molecular flexibility index (Phi) is 3.95. The van der Waals surface area contributed by atoms with E-state index >= 15 is 0 Å². The first-order valence-corrected chi connectivity index (χ1v) is 9.16. The Morgan fingerprint density at radius 1 is 1.11 bits per heavy atom. The summed E-state index contributed by atoms with van der Waals surface area (Å²) in [5, 5.41) is 0. The number of ether oxygens (including phenoxy) is 1.